The maximum Gasteiger partial charge on any atom is 0.240 e. The summed E-state index contributed by atoms with van der Waals surface area (Å²) in [6, 6.07) is 14.6. The third kappa shape index (κ3) is 5.76. The van der Waals surface area contributed by atoms with E-state index in [-0.39, 0.29) is 12.5 Å². The molecule has 7 heteroatoms. The molecule has 0 saturated carbocycles. The second-order valence-electron chi connectivity index (χ2n) is 5.79. The highest BCUT2D eigenvalue weighted by molar-refractivity contribution is 7.92. The Labute approximate surface area is 153 Å². The second kappa shape index (κ2) is 8.36. The van der Waals surface area contributed by atoms with Crippen LogP contribution in [0.1, 0.15) is 11.1 Å². The summed E-state index contributed by atoms with van der Waals surface area (Å²) < 4.78 is 25.3. The Kier molecular flexibility index (Phi) is 6.45. The van der Waals surface area contributed by atoms with E-state index >= 15 is 0 Å². The van der Waals surface area contributed by atoms with E-state index in [1.165, 1.54) is 0 Å². The minimum absolute atomic E-state index is 0.268. The zero-order valence-electron chi connectivity index (χ0n) is 14.2. The molecule has 0 aromatic heterocycles. The van der Waals surface area contributed by atoms with Gasteiger partial charge >= 0.3 is 0 Å². The molecule has 2 aromatic carbocycles. The van der Waals surface area contributed by atoms with Crippen LogP contribution in [-0.2, 0) is 21.2 Å². The number of benzene rings is 2. The zero-order chi connectivity index (χ0) is 18.4. The number of sulfonamides is 1. The van der Waals surface area contributed by atoms with Gasteiger partial charge in [-0.1, -0.05) is 41.9 Å². The number of nitrogens with one attached hydrogen (secondary N) is 1. The zero-order valence-corrected chi connectivity index (χ0v) is 15.8. The van der Waals surface area contributed by atoms with Crippen molar-refractivity contribution in [3.63, 3.8) is 0 Å². The third-order valence-corrected chi connectivity index (χ3v) is 5.06. The van der Waals surface area contributed by atoms with Crippen LogP contribution >= 0.6 is 11.6 Å². The van der Waals surface area contributed by atoms with Crippen LogP contribution in [0.15, 0.2) is 48.5 Å². The monoisotopic (exact) mass is 380 g/mol. The molecule has 0 atom stereocenters. The molecule has 0 unspecified atom stereocenters. The molecule has 1 amide bonds. The molecule has 0 fully saturated rings. The molecule has 0 bridgehead atoms. The Morgan fingerprint density at radius 2 is 1.84 bits per heavy atom. The predicted molar refractivity (Wildman–Crippen MR) is 102 cm³/mol. The average molecular weight is 381 g/mol. The quantitative estimate of drug-likeness (QED) is 0.803. The summed E-state index contributed by atoms with van der Waals surface area (Å²) in [5, 5.41) is 3.28. The molecule has 0 aliphatic rings. The molecule has 0 radical (unpaired) electrons. The fraction of sp³-hybridized carbons (Fsp3) is 0.278. The standard InChI is InChI=1S/C18H21ClN2O3S/c1-14-12-16(19)8-9-17(14)21(25(2,23)24)13-18(22)20-11-10-15-6-4-3-5-7-15/h3-9,12H,10-11,13H2,1-2H3,(H,20,22). The van der Waals surface area contributed by atoms with Crippen LogP contribution in [0.4, 0.5) is 5.69 Å². The lowest BCUT2D eigenvalue weighted by Gasteiger charge is -2.23. The van der Waals surface area contributed by atoms with Gasteiger partial charge in [-0.15, -0.1) is 0 Å². The van der Waals surface area contributed by atoms with Crippen molar-refractivity contribution in [3.05, 3.63) is 64.7 Å². The number of amides is 1. The van der Waals surface area contributed by atoms with E-state index in [1.807, 2.05) is 30.3 Å². The van der Waals surface area contributed by atoms with E-state index in [0.29, 0.717) is 29.2 Å². The van der Waals surface area contributed by atoms with Gasteiger partial charge in [0.2, 0.25) is 15.9 Å². The number of halogens is 1. The van der Waals surface area contributed by atoms with E-state index in [1.54, 1.807) is 25.1 Å². The normalized spacial score (nSPS) is 11.2. The van der Waals surface area contributed by atoms with Gasteiger partial charge in [0.1, 0.15) is 6.54 Å². The maximum absolute atomic E-state index is 12.2. The van der Waals surface area contributed by atoms with Crippen molar-refractivity contribution in [2.45, 2.75) is 13.3 Å². The summed E-state index contributed by atoms with van der Waals surface area (Å²) >= 11 is 5.92. The highest BCUT2D eigenvalue weighted by Crippen LogP contribution is 2.25. The summed E-state index contributed by atoms with van der Waals surface area (Å²) in [4.78, 5) is 12.2. The predicted octanol–water partition coefficient (Wildman–Crippen LogP) is 2.77. The Bertz CT molecular complexity index is 839. The van der Waals surface area contributed by atoms with E-state index in [2.05, 4.69) is 5.32 Å². The number of hydrogen-bond donors (Lipinski definition) is 1. The van der Waals surface area contributed by atoms with Crippen molar-refractivity contribution in [1.82, 2.24) is 5.32 Å². The van der Waals surface area contributed by atoms with Crippen LogP contribution in [-0.4, -0.2) is 33.7 Å². The first-order chi connectivity index (χ1) is 11.8. The molecular formula is C18H21ClN2O3S. The number of carbonyl (C=O) groups is 1. The van der Waals surface area contributed by atoms with E-state index in [4.69, 9.17) is 11.6 Å². The molecule has 134 valence electrons. The van der Waals surface area contributed by atoms with Gasteiger partial charge in [-0.2, -0.15) is 0 Å². The van der Waals surface area contributed by atoms with Crippen molar-refractivity contribution >= 4 is 33.2 Å². The fourth-order valence-electron chi connectivity index (χ4n) is 2.46. The topological polar surface area (TPSA) is 66.5 Å². The third-order valence-electron chi connectivity index (χ3n) is 3.69. The van der Waals surface area contributed by atoms with Crippen molar-refractivity contribution in [2.75, 3.05) is 23.7 Å². The smallest absolute Gasteiger partial charge is 0.240 e. The van der Waals surface area contributed by atoms with Crippen LogP contribution in [0.2, 0.25) is 5.02 Å². The minimum Gasteiger partial charge on any atom is -0.354 e. The molecule has 1 N–H and O–H groups in total. The van der Waals surface area contributed by atoms with Gasteiger partial charge in [-0.25, -0.2) is 8.42 Å². The number of carbonyl (C=O) groups excluding carboxylic acids is 1. The Hall–Kier alpha value is -2.05. The fourth-order valence-corrected chi connectivity index (χ4v) is 3.60. The van der Waals surface area contributed by atoms with Crippen LogP contribution in [0.3, 0.4) is 0 Å². The summed E-state index contributed by atoms with van der Waals surface area (Å²) in [5.74, 6) is -0.351. The molecule has 5 nitrogen and oxygen atoms in total. The van der Waals surface area contributed by atoms with Crippen LogP contribution < -0.4 is 9.62 Å². The Balaban J connectivity index is 2.03. The number of hydrogen-bond acceptors (Lipinski definition) is 3. The van der Waals surface area contributed by atoms with Gasteiger partial charge in [-0.3, -0.25) is 9.10 Å². The molecule has 25 heavy (non-hydrogen) atoms. The molecule has 0 spiro atoms. The van der Waals surface area contributed by atoms with Gasteiger partial charge in [-0.05, 0) is 42.7 Å². The molecule has 0 heterocycles. The van der Waals surface area contributed by atoms with Crippen molar-refractivity contribution < 1.29 is 13.2 Å². The van der Waals surface area contributed by atoms with Crippen molar-refractivity contribution in [2.24, 2.45) is 0 Å². The first kappa shape index (κ1) is 19.3. The summed E-state index contributed by atoms with van der Waals surface area (Å²) in [6.07, 6.45) is 1.77. The molecule has 2 aromatic rings. The highest BCUT2D eigenvalue weighted by atomic mass is 35.5. The van der Waals surface area contributed by atoms with Gasteiger partial charge in [0, 0.05) is 11.6 Å². The van der Waals surface area contributed by atoms with Crippen LogP contribution in [0.5, 0.6) is 0 Å². The van der Waals surface area contributed by atoms with Gasteiger partial charge in [0.15, 0.2) is 0 Å². The largest absolute Gasteiger partial charge is 0.354 e. The lowest BCUT2D eigenvalue weighted by molar-refractivity contribution is -0.119. The first-order valence-corrected chi connectivity index (χ1v) is 10.0. The first-order valence-electron chi connectivity index (χ1n) is 7.82. The summed E-state index contributed by atoms with van der Waals surface area (Å²) in [5.41, 5.74) is 2.25. The molecule has 0 aliphatic heterocycles. The summed E-state index contributed by atoms with van der Waals surface area (Å²) in [7, 11) is -3.60. The average Bonchev–Trinajstić information content (AvgIpc) is 2.53. The number of aryl methyl sites for hydroxylation is 1. The Morgan fingerprint density at radius 3 is 2.44 bits per heavy atom. The minimum atomic E-state index is -3.60. The van der Waals surface area contributed by atoms with E-state index < -0.39 is 10.0 Å². The molecule has 0 saturated heterocycles. The second-order valence-corrected chi connectivity index (χ2v) is 8.13. The lowest BCUT2D eigenvalue weighted by Crippen LogP contribution is -2.41. The SMILES string of the molecule is Cc1cc(Cl)ccc1N(CC(=O)NCCc1ccccc1)S(C)(=O)=O. The summed E-state index contributed by atoms with van der Waals surface area (Å²) in [6.45, 7) is 1.93. The van der Waals surface area contributed by atoms with Gasteiger partial charge in [0.05, 0.1) is 11.9 Å². The number of nitrogens with zero attached hydrogens (tertiary/aromatic N) is 1. The Morgan fingerprint density at radius 1 is 1.16 bits per heavy atom. The number of anilines is 1. The number of rotatable bonds is 7. The molecule has 0 aliphatic carbocycles. The van der Waals surface area contributed by atoms with Crippen molar-refractivity contribution in [3.8, 4) is 0 Å². The highest BCUT2D eigenvalue weighted by Gasteiger charge is 2.22. The molecule has 2 rings (SSSR count). The van der Waals surface area contributed by atoms with Gasteiger partial charge < -0.3 is 5.32 Å². The van der Waals surface area contributed by atoms with Crippen molar-refractivity contribution in [1.29, 1.82) is 0 Å². The van der Waals surface area contributed by atoms with E-state index in [0.717, 1.165) is 16.1 Å². The van der Waals surface area contributed by atoms with Crippen LogP contribution in [0.25, 0.3) is 0 Å². The van der Waals surface area contributed by atoms with Crippen LogP contribution in [0, 0.1) is 6.92 Å². The maximum atomic E-state index is 12.2. The lowest BCUT2D eigenvalue weighted by atomic mass is 10.1. The van der Waals surface area contributed by atoms with Gasteiger partial charge in [0.25, 0.3) is 0 Å². The molecular weight excluding hydrogens is 360 g/mol. The van der Waals surface area contributed by atoms with E-state index in [9.17, 15) is 13.2 Å².